The van der Waals surface area contributed by atoms with Gasteiger partial charge in [-0.1, -0.05) is 45.9 Å². The van der Waals surface area contributed by atoms with Crippen LogP contribution in [-0.2, 0) is 4.79 Å². The van der Waals surface area contributed by atoms with Gasteiger partial charge in [0.05, 0.1) is 0 Å². The van der Waals surface area contributed by atoms with Gasteiger partial charge in [0.1, 0.15) is 0 Å². The molecule has 0 saturated carbocycles. The number of para-hydroxylation sites is 1. The maximum Gasteiger partial charge on any atom is 0.454 e. The van der Waals surface area contributed by atoms with E-state index < -0.39 is 12.0 Å². The van der Waals surface area contributed by atoms with Gasteiger partial charge in [0.15, 0.2) is 0 Å². The van der Waals surface area contributed by atoms with Crippen molar-refractivity contribution in [1.29, 1.82) is 0 Å². The second-order valence-electron chi connectivity index (χ2n) is 5.94. The second-order valence-corrected chi connectivity index (χ2v) is 5.94. The third-order valence-electron chi connectivity index (χ3n) is 3.32. The zero-order chi connectivity index (χ0) is 17.1. The molecule has 0 heterocycles. The van der Waals surface area contributed by atoms with Crippen molar-refractivity contribution in [2.45, 2.75) is 52.6 Å². The van der Waals surface area contributed by atoms with Crippen LogP contribution in [0.4, 0.5) is 18.9 Å². The molecule has 0 fully saturated rings. The molecule has 2 nitrogen and oxygen atoms in total. The van der Waals surface area contributed by atoms with E-state index in [1.807, 2.05) is 45.9 Å². The lowest BCUT2D eigenvalue weighted by molar-refractivity contribution is -0.165. The van der Waals surface area contributed by atoms with Gasteiger partial charge in [-0.05, 0) is 29.9 Å². The summed E-state index contributed by atoms with van der Waals surface area (Å²) in [5.41, 5.74) is 2.99. The van der Waals surface area contributed by atoms with Gasteiger partial charge in [-0.25, -0.2) is 0 Å². The standard InChI is InChI=1S/C17H22F3NO/c1-10(2)13-7-6-8-14(11(3)4)16(13)21-12(5)9-15(22)17(18,19)20/h6-11,21H,1-5H3/b12-9-. The largest absolute Gasteiger partial charge is 0.454 e. The Bertz CT molecular complexity index is 546. The highest BCUT2D eigenvalue weighted by atomic mass is 19.4. The van der Waals surface area contributed by atoms with Crippen LogP contribution in [0, 0.1) is 0 Å². The van der Waals surface area contributed by atoms with Crippen molar-refractivity contribution in [2.24, 2.45) is 0 Å². The molecule has 0 amide bonds. The van der Waals surface area contributed by atoms with Gasteiger partial charge in [0, 0.05) is 17.5 Å². The summed E-state index contributed by atoms with van der Waals surface area (Å²) in [5, 5.41) is 2.99. The number of carbonyl (C=O) groups is 1. The first-order valence-electron chi connectivity index (χ1n) is 7.23. The number of nitrogens with one attached hydrogen (secondary N) is 1. The Kier molecular flexibility index (Phi) is 5.80. The molecule has 22 heavy (non-hydrogen) atoms. The number of carbonyl (C=O) groups excluding carboxylic acids is 1. The molecule has 0 saturated heterocycles. The number of allylic oxidation sites excluding steroid dienone is 2. The van der Waals surface area contributed by atoms with E-state index in [0.717, 1.165) is 16.8 Å². The third kappa shape index (κ3) is 4.61. The summed E-state index contributed by atoms with van der Waals surface area (Å²) in [5.74, 6) is -1.43. The van der Waals surface area contributed by atoms with E-state index in [4.69, 9.17) is 0 Å². The van der Waals surface area contributed by atoms with Crippen LogP contribution in [0.25, 0.3) is 0 Å². The van der Waals surface area contributed by atoms with E-state index in [0.29, 0.717) is 6.08 Å². The highest BCUT2D eigenvalue weighted by molar-refractivity contribution is 5.95. The topological polar surface area (TPSA) is 29.1 Å². The van der Waals surface area contributed by atoms with Gasteiger partial charge in [-0.3, -0.25) is 4.79 Å². The second kappa shape index (κ2) is 6.99. The molecule has 0 spiro atoms. The highest BCUT2D eigenvalue weighted by Gasteiger charge is 2.36. The number of halogens is 3. The minimum Gasteiger partial charge on any atom is -0.359 e. The van der Waals surface area contributed by atoms with Crippen molar-refractivity contribution in [2.75, 3.05) is 5.32 Å². The van der Waals surface area contributed by atoms with Crippen LogP contribution in [0.1, 0.15) is 57.6 Å². The van der Waals surface area contributed by atoms with Gasteiger partial charge in [0.25, 0.3) is 5.78 Å². The maximum atomic E-state index is 12.3. The molecule has 1 aromatic rings. The van der Waals surface area contributed by atoms with Gasteiger partial charge in [0.2, 0.25) is 0 Å². The summed E-state index contributed by atoms with van der Waals surface area (Å²) < 4.78 is 37.0. The van der Waals surface area contributed by atoms with Crippen molar-refractivity contribution in [1.82, 2.24) is 0 Å². The zero-order valence-electron chi connectivity index (χ0n) is 13.5. The maximum absolute atomic E-state index is 12.3. The summed E-state index contributed by atoms with van der Waals surface area (Å²) in [6.45, 7) is 9.54. The zero-order valence-corrected chi connectivity index (χ0v) is 13.5. The van der Waals surface area contributed by atoms with E-state index in [2.05, 4.69) is 5.32 Å². The fourth-order valence-electron chi connectivity index (χ4n) is 2.21. The molecule has 5 heteroatoms. The molecule has 122 valence electrons. The van der Waals surface area contributed by atoms with Crippen molar-refractivity contribution in [3.05, 3.63) is 41.1 Å². The molecule has 0 radical (unpaired) electrons. The predicted octanol–water partition coefficient (Wildman–Crippen LogP) is 5.38. The smallest absolute Gasteiger partial charge is 0.359 e. The summed E-state index contributed by atoms with van der Waals surface area (Å²) in [6, 6.07) is 5.82. The Balaban J connectivity index is 3.21. The first-order valence-corrected chi connectivity index (χ1v) is 7.23. The Hall–Kier alpha value is -1.78. The molecule has 1 N–H and O–H groups in total. The van der Waals surface area contributed by atoms with E-state index >= 15 is 0 Å². The van der Waals surface area contributed by atoms with Crippen LogP contribution in [0.15, 0.2) is 30.0 Å². The number of alkyl halides is 3. The summed E-state index contributed by atoms with van der Waals surface area (Å²) in [6.07, 6.45) is -4.25. The molecule has 0 aliphatic carbocycles. The number of ketones is 1. The minimum absolute atomic E-state index is 0.178. The summed E-state index contributed by atoms with van der Waals surface area (Å²) in [7, 11) is 0. The number of benzene rings is 1. The number of hydrogen-bond donors (Lipinski definition) is 1. The monoisotopic (exact) mass is 313 g/mol. The predicted molar refractivity (Wildman–Crippen MR) is 83.1 cm³/mol. The lowest BCUT2D eigenvalue weighted by Crippen LogP contribution is -2.21. The van der Waals surface area contributed by atoms with E-state index in [-0.39, 0.29) is 17.5 Å². The van der Waals surface area contributed by atoms with Gasteiger partial charge < -0.3 is 5.32 Å². The van der Waals surface area contributed by atoms with Crippen LogP contribution < -0.4 is 5.32 Å². The molecule has 0 unspecified atom stereocenters. The lowest BCUT2D eigenvalue weighted by atomic mass is 9.92. The Morgan fingerprint density at radius 1 is 1.09 bits per heavy atom. The van der Waals surface area contributed by atoms with Crippen LogP contribution in [-0.4, -0.2) is 12.0 Å². The molecule has 1 aromatic carbocycles. The average molecular weight is 313 g/mol. The molecule has 0 aromatic heterocycles. The minimum atomic E-state index is -4.85. The van der Waals surface area contributed by atoms with Crippen molar-refractivity contribution >= 4 is 11.5 Å². The van der Waals surface area contributed by atoms with Crippen molar-refractivity contribution in [3.63, 3.8) is 0 Å². The van der Waals surface area contributed by atoms with E-state index in [9.17, 15) is 18.0 Å². The fraction of sp³-hybridized carbons (Fsp3) is 0.471. The fourth-order valence-corrected chi connectivity index (χ4v) is 2.21. The van der Waals surface area contributed by atoms with Gasteiger partial charge in [-0.2, -0.15) is 13.2 Å². The molecular weight excluding hydrogens is 291 g/mol. The summed E-state index contributed by atoms with van der Waals surface area (Å²) in [4.78, 5) is 11.1. The van der Waals surface area contributed by atoms with Crippen LogP contribution in [0.5, 0.6) is 0 Å². The van der Waals surface area contributed by atoms with E-state index in [1.54, 1.807) is 0 Å². The number of rotatable bonds is 5. The highest BCUT2D eigenvalue weighted by Crippen LogP contribution is 2.33. The first-order chi connectivity index (χ1) is 10.0. The number of hydrogen-bond acceptors (Lipinski definition) is 2. The van der Waals surface area contributed by atoms with Crippen molar-refractivity contribution < 1.29 is 18.0 Å². The molecular formula is C17H22F3NO. The lowest BCUT2D eigenvalue weighted by Gasteiger charge is -2.21. The van der Waals surface area contributed by atoms with E-state index in [1.165, 1.54) is 6.92 Å². The van der Waals surface area contributed by atoms with Crippen LogP contribution in [0.2, 0.25) is 0 Å². The van der Waals surface area contributed by atoms with Gasteiger partial charge >= 0.3 is 6.18 Å². The molecule has 0 atom stereocenters. The van der Waals surface area contributed by atoms with Gasteiger partial charge in [-0.15, -0.1) is 0 Å². The summed E-state index contributed by atoms with van der Waals surface area (Å²) >= 11 is 0. The molecule has 0 aliphatic heterocycles. The SMILES string of the molecule is C/C(=C/C(=O)C(F)(F)F)Nc1c(C(C)C)cccc1C(C)C. The van der Waals surface area contributed by atoms with Crippen molar-refractivity contribution in [3.8, 4) is 0 Å². The average Bonchev–Trinajstić information content (AvgIpc) is 2.36. The molecule has 0 bridgehead atoms. The first kappa shape index (κ1) is 18.3. The Morgan fingerprint density at radius 2 is 1.55 bits per heavy atom. The quantitative estimate of drug-likeness (QED) is 0.739. The third-order valence-corrected chi connectivity index (χ3v) is 3.32. The molecule has 1 rings (SSSR count). The number of anilines is 1. The van der Waals surface area contributed by atoms with Crippen LogP contribution in [0.3, 0.4) is 0 Å². The Morgan fingerprint density at radius 3 is 1.91 bits per heavy atom. The Labute approximate surface area is 129 Å². The van der Waals surface area contributed by atoms with Crippen LogP contribution >= 0.6 is 0 Å². The molecule has 0 aliphatic rings. The normalized spacial score (nSPS) is 12.9.